The highest BCUT2D eigenvalue weighted by Crippen LogP contribution is 2.44. The summed E-state index contributed by atoms with van der Waals surface area (Å²) in [5.41, 5.74) is 7.11. The largest absolute Gasteiger partial charge is 0.357 e. The van der Waals surface area contributed by atoms with E-state index in [0.717, 1.165) is 24.8 Å². The van der Waals surface area contributed by atoms with E-state index in [-0.39, 0.29) is 0 Å². The lowest BCUT2D eigenvalue weighted by molar-refractivity contribution is 0.565. The van der Waals surface area contributed by atoms with Crippen LogP contribution in [0.25, 0.3) is 0 Å². The molecule has 0 radical (unpaired) electrons. The number of nitrogens with zero attached hydrogens (tertiary/aromatic N) is 1. The van der Waals surface area contributed by atoms with Gasteiger partial charge in [0.2, 0.25) is 0 Å². The molecule has 1 unspecified atom stereocenters. The van der Waals surface area contributed by atoms with Gasteiger partial charge in [-0.25, -0.2) is 0 Å². The number of hydrogen-bond donors (Lipinski definition) is 1. The SMILES string of the molecule is Cn1ccc(C(CCN)C2CC2)c1. The highest BCUT2D eigenvalue weighted by Gasteiger charge is 2.31. The Morgan fingerprint density at radius 2 is 2.38 bits per heavy atom. The fourth-order valence-electron chi connectivity index (χ4n) is 2.10. The Morgan fingerprint density at radius 1 is 1.62 bits per heavy atom. The maximum atomic E-state index is 5.63. The first-order valence-electron chi connectivity index (χ1n) is 5.13. The summed E-state index contributed by atoms with van der Waals surface area (Å²) < 4.78 is 2.13. The molecule has 1 heterocycles. The summed E-state index contributed by atoms with van der Waals surface area (Å²) in [6.07, 6.45) is 8.31. The fourth-order valence-corrected chi connectivity index (χ4v) is 2.10. The second kappa shape index (κ2) is 3.54. The standard InChI is InChI=1S/C11H18N2/c1-13-7-5-10(8-13)11(4-6-12)9-2-3-9/h5,7-9,11H,2-4,6,12H2,1H3. The van der Waals surface area contributed by atoms with Crippen LogP contribution in [-0.2, 0) is 7.05 Å². The summed E-state index contributed by atoms with van der Waals surface area (Å²) in [5, 5.41) is 0. The van der Waals surface area contributed by atoms with Crippen molar-refractivity contribution >= 4 is 0 Å². The van der Waals surface area contributed by atoms with Crippen LogP contribution in [0.3, 0.4) is 0 Å². The number of hydrogen-bond acceptors (Lipinski definition) is 1. The second-order valence-electron chi connectivity index (χ2n) is 4.13. The minimum Gasteiger partial charge on any atom is -0.357 e. The van der Waals surface area contributed by atoms with E-state index in [0.29, 0.717) is 0 Å². The van der Waals surface area contributed by atoms with Gasteiger partial charge in [0.1, 0.15) is 0 Å². The molecule has 0 amide bonds. The quantitative estimate of drug-likeness (QED) is 0.749. The predicted octanol–water partition coefficient (Wildman–Crippen LogP) is 1.87. The van der Waals surface area contributed by atoms with Crippen molar-refractivity contribution in [1.82, 2.24) is 4.57 Å². The molecule has 2 heteroatoms. The van der Waals surface area contributed by atoms with Gasteiger partial charge in [-0.3, -0.25) is 0 Å². The van der Waals surface area contributed by atoms with Crippen LogP contribution < -0.4 is 5.73 Å². The van der Waals surface area contributed by atoms with Crippen LogP contribution in [0, 0.1) is 5.92 Å². The lowest BCUT2D eigenvalue weighted by Gasteiger charge is -2.12. The first kappa shape index (κ1) is 8.82. The third kappa shape index (κ3) is 1.94. The van der Waals surface area contributed by atoms with Gasteiger partial charge in [-0.15, -0.1) is 0 Å². The van der Waals surface area contributed by atoms with Crippen molar-refractivity contribution in [3.05, 3.63) is 24.0 Å². The third-order valence-electron chi connectivity index (χ3n) is 2.95. The van der Waals surface area contributed by atoms with Crippen molar-refractivity contribution in [1.29, 1.82) is 0 Å². The monoisotopic (exact) mass is 178 g/mol. The minimum absolute atomic E-state index is 0.728. The van der Waals surface area contributed by atoms with Crippen molar-refractivity contribution in [3.63, 3.8) is 0 Å². The molecule has 0 spiro atoms. The van der Waals surface area contributed by atoms with Crippen LogP contribution in [0.15, 0.2) is 18.5 Å². The molecule has 1 aromatic heterocycles. The molecule has 2 N–H and O–H groups in total. The van der Waals surface area contributed by atoms with E-state index in [2.05, 4.69) is 30.1 Å². The molecule has 1 saturated carbocycles. The van der Waals surface area contributed by atoms with E-state index >= 15 is 0 Å². The molecular weight excluding hydrogens is 160 g/mol. The lowest BCUT2D eigenvalue weighted by Crippen LogP contribution is -2.08. The Morgan fingerprint density at radius 3 is 2.85 bits per heavy atom. The van der Waals surface area contributed by atoms with Crippen molar-refractivity contribution in [2.75, 3.05) is 6.54 Å². The molecule has 0 aromatic carbocycles. The molecule has 0 aliphatic heterocycles. The van der Waals surface area contributed by atoms with Crippen molar-refractivity contribution in [3.8, 4) is 0 Å². The zero-order chi connectivity index (χ0) is 9.26. The molecule has 2 rings (SSSR count). The Balaban J connectivity index is 2.10. The van der Waals surface area contributed by atoms with Crippen LogP contribution in [0.5, 0.6) is 0 Å². The smallest absolute Gasteiger partial charge is 0.0106 e. The molecule has 1 fully saturated rings. The van der Waals surface area contributed by atoms with E-state index < -0.39 is 0 Å². The Labute approximate surface area is 79.7 Å². The molecule has 1 aromatic rings. The van der Waals surface area contributed by atoms with Crippen LogP contribution in [0.2, 0.25) is 0 Å². The highest BCUT2D eigenvalue weighted by atomic mass is 14.9. The zero-order valence-electron chi connectivity index (χ0n) is 8.24. The summed E-state index contributed by atoms with van der Waals surface area (Å²) in [6.45, 7) is 0.816. The van der Waals surface area contributed by atoms with Crippen LogP contribution in [0.1, 0.15) is 30.7 Å². The van der Waals surface area contributed by atoms with Gasteiger partial charge in [-0.05, 0) is 49.3 Å². The average Bonchev–Trinajstić information content (AvgIpc) is 2.85. The first-order chi connectivity index (χ1) is 6.31. The molecule has 13 heavy (non-hydrogen) atoms. The van der Waals surface area contributed by atoms with Crippen molar-refractivity contribution < 1.29 is 0 Å². The fraction of sp³-hybridized carbons (Fsp3) is 0.636. The van der Waals surface area contributed by atoms with Gasteiger partial charge in [-0.2, -0.15) is 0 Å². The summed E-state index contributed by atoms with van der Waals surface area (Å²) in [5.74, 6) is 1.65. The van der Waals surface area contributed by atoms with Crippen molar-refractivity contribution in [2.45, 2.75) is 25.2 Å². The summed E-state index contributed by atoms with van der Waals surface area (Å²) in [7, 11) is 2.08. The Hall–Kier alpha value is -0.760. The maximum Gasteiger partial charge on any atom is 0.0106 e. The highest BCUT2D eigenvalue weighted by molar-refractivity contribution is 5.18. The molecule has 0 bridgehead atoms. The minimum atomic E-state index is 0.728. The van der Waals surface area contributed by atoms with Crippen LogP contribution in [0.4, 0.5) is 0 Å². The van der Waals surface area contributed by atoms with Gasteiger partial charge in [0.15, 0.2) is 0 Å². The number of rotatable bonds is 4. The number of nitrogens with two attached hydrogens (primary N) is 1. The maximum absolute atomic E-state index is 5.63. The molecule has 1 aliphatic rings. The number of aryl methyl sites for hydroxylation is 1. The van der Waals surface area contributed by atoms with E-state index in [1.807, 2.05) is 0 Å². The van der Waals surface area contributed by atoms with Gasteiger partial charge in [0.25, 0.3) is 0 Å². The van der Waals surface area contributed by atoms with Crippen molar-refractivity contribution in [2.24, 2.45) is 18.7 Å². The lowest BCUT2D eigenvalue weighted by atomic mass is 9.93. The molecular formula is C11H18N2. The molecule has 1 aliphatic carbocycles. The zero-order valence-corrected chi connectivity index (χ0v) is 8.24. The van der Waals surface area contributed by atoms with E-state index in [1.165, 1.54) is 18.4 Å². The molecule has 0 saturated heterocycles. The summed E-state index contributed by atoms with van der Waals surface area (Å²) >= 11 is 0. The van der Waals surface area contributed by atoms with E-state index in [9.17, 15) is 0 Å². The topological polar surface area (TPSA) is 30.9 Å². The first-order valence-corrected chi connectivity index (χ1v) is 5.13. The molecule has 1 atom stereocenters. The van der Waals surface area contributed by atoms with Gasteiger partial charge in [0, 0.05) is 19.4 Å². The summed E-state index contributed by atoms with van der Waals surface area (Å²) in [6, 6.07) is 2.23. The second-order valence-corrected chi connectivity index (χ2v) is 4.13. The molecule has 72 valence electrons. The Kier molecular flexibility index (Phi) is 2.40. The number of aromatic nitrogens is 1. The van der Waals surface area contributed by atoms with Gasteiger partial charge in [-0.1, -0.05) is 0 Å². The third-order valence-corrected chi connectivity index (χ3v) is 2.95. The van der Waals surface area contributed by atoms with E-state index in [4.69, 9.17) is 5.73 Å². The predicted molar refractivity (Wildman–Crippen MR) is 54.5 cm³/mol. The van der Waals surface area contributed by atoms with Crippen LogP contribution >= 0.6 is 0 Å². The average molecular weight is 178 g/mol. The summed E-state index contributed by atoms with van der Waals surface area (Å²) in [4.78, 5) is 0. The van der Waals surface area contributed by atoms with Gasteiger partial charge in [0.05, 0.1) is 0 Å². The normalized spacial score (nSPS) is 18.9. The van der Waals surface area contributed by atoms with E-state index in [1.54, 1.807) is 0 Å². The van der Waals surface area contributed by atoms with Gasteiger partial charge >= 0.3 is 0 Å². The Bertz CT molecular complexity index is 273. The van der Waals surface area contributed by atoms with Gasteiger partial charge < -0.3 is 10.3 Å². The molecule has 2 nitrogen and oxygen atoms in total. The van der Waals surface area contributed by atoms with Crippen LogP contribution in [-0.4, -0.2) is 11.1 Å².